The van der Waals surface area contributed by atoms with Crippen LogP contribution in [0.1, 0.15) is 17.5 Å². The number of amides is 1. The molecule has 22 heavy (non-hydrogen) atoms. The van der Waals surface area contributed by atoms with Gasteiger partial charge in [-0.3, -0.25) is 9.36 Å². The number of nitrogens with zero attached hydrogens (tertiary/aromatic N) is 3. The number of carbonyl (C=O) groups is 1. The van der Waals surface area contributed by atoms with Gasteiger partial charge in [-0.15, -0.1) is 0 Å². The molecule has 1 N–H and O–H groups in total. The van der Waals surface area contributed by atoms with Crippen molar-refractivity contribution in [2.24, 2.45) is 0 Å². The molecule has 0 aliphatic rings. The van der Waals surface area contributed by atoms with E-state index in [1.807, 2.05) is 22.9 Å². The van der Waals surface area contributed by atoms with E-state index in [4.69, 9.17) is 5.26 Å². The Bertz CT molecular complexity index is 702. The topological polar surface area (TPSA) is 70.7 Å². The highest BCUT2D eigenvalue weighted by Crippen LogP contribution is 2.21. The lowest BCUT2D eigenvalue weighted by atomic mass is 10.1. The average molecular weight is 314 g/mol. The van der Waals surface area contributed by atoms with Gasteiger partial charge in [0, 0.05) is 24.6 Å². The molecule has 1 aromatic heterocycles. The van der Waals surface area contributed by atoms with Gasteiger partial charge in [-0.25, -0.2) is 4.98 Å². The molecule has 1 amide bonds. The van der Waals surface area contributed by atoms with Gasteiger partial charge in [0.25, 0.3) is 0 Å². The highest BCUT2D eigenvalue weighted by atomic mass is 32.2. The summed E-state index contributed by atoms with van der Waals surface area (Å²) in [7, 11) is 0. The van der Waals surface area contributed by atoms with Crippen LogP contribution in [0, 0.1) is 25.2 Å². The van der Waals surface area contributed by atoms with E-state index in [-0.39, 0.29) is 11.7 Å². The molecule has 2 aromatic rings. The molecule has 0 unspecified atom stereocenters. The van der Waals surface area contributed by atoms with Crippen LogP contribution in [0.5, 0.6) is 0 Å². The third kappa shape index (κ3) is 4.12. The van der Waals surface area contributed by atoms with Crippen LogP contribution in [0.3, 0.4) is 0 Å². The zero-order chi connectivity index (χ0) is 15.9. The first-order chi connectivity index (χ1) is 10.6. The first-order valence-electron chi connectivity index (χ1n) is 6.99. The zero-order valence-electron chi connectivity index (χ0n) is 12.7. The van der Waals surface area contributed by atoms with E-state index in [2.05, 4.69) is 36.3 Å². The minimum absolute atomic E-state index is 0.0881. The Kier molecular flexibility index (Phi) is 5.61. The predicted molar refractivity (Wildman–Crippen MR) is 87.0 cm³/mol. The van der Waals surface area contributed by atoms with Gasteiger partial charge >= 0.3 is 0 Å². The van der Waals surface area contributed by atoms with Gasteiger partial charge in [-0.05, 0) is 37.1 Å². The summed E-state index contributed by atoms with van der Waals surface area (Å²) in [6.45, 7) is 4.54. The molecule has 5 nitrogen and oxygen atoms in total. The Morgan fingerprint density at radius 2 is 2.23 bits per heavy atom. The standard InChI is InChI=1S/C16H18N4OS/c1-12-4-5-14(10-13(12)2)20-9-8-19-16(20)22-11-15(21)18-7-3-6-17/h4-5,8-10H,3,7,11H2,1-2H3,(H,18,21). The zero-order valence-corrected chi connectivity index (χ0v) is 13.5. The second-order valence-corrected chi connectivity index (χ2v) is 5.84. The highest BCUT2D eigenvalue weighted by Gasteiger charge is 2.09. The van der Waals surface area contributed by atoms with Crippen molar-refractivity contribution >= 4 is 17.7 Å². The summed E-state index contributed by atoms with van der Waals surface area (Å²) in [4.78, 5) is 16.0. The predicted octanol–water partition coefficient (Wildman–Crippen LogP) is 2.61. The van der Waals surface area contributed by atoms with Crippen molar-refractivity contribution < 1.29 is 4.79 Å². The van der Waals surface area contributed by atoms with Crippen molar-refractivity contribution in [2.45, 2.75) is 25.4 Å². The van der Waals surface area contributed by atoms with Gasteiger partial charge in [0.05, 0.1) is 18.2 Å². The summed E-state index contributed by atoms with van der Waals surface area (Å²) in [6.07, 6.45) is 3.94. The molecule has 6 heteroatoms. The van der Waals surface area contributed by atoms with Gasteiger partial charge < -0.3 is 5.32 Å². The SMILES string of the molecule is Cc1ccc(-n2ccnc2SCC(=O)NCCC#N)cc1C. The molecule has 2 rings (SSSR count). The molecule has 0 aliphatic heterocycles. The summed E-state index contributed by atoms with van der Waals surface area (Å²) >= 11 is 1.38. The number of thioether (sulfide) groups is 1. The van der Waals surface area contributed by atoms with Crippen LogP contribution in [0.4, 0.5) is 0 Å². The molecule has 0 spiro atoms. The Labute approximate surface area is 134 Å². The number of nitrogens with one attached hydrogen (secondary N) is 1. The number of hydrogen-bond donors (Lipinski definition) is 1. The smallest absolute Gasteiger partial charge is 0.230 e. The molecule has 1 heterocycles. The number of hydrogen-bond acceptors (Lipinski definition) is 4. The van der Waals surface area contributed by atoms with Crippen molar-refractivity contribution in [3.63, 3.8) is 0 Å². The van der Waals surface area contributed by atoms with E-state index in [1.54, 1.807) is 6.20 Å². The van der Waals surface area contributed by atoms with E-state index in [9.17, 15) is 4.79 Å². The first-order valence-corrected chi connectivity index (χ1v) is 7.98. The largest absolute Gasteiger partial charge is 0.354 e. The monoisotopic (exact) mass is 314 g/mol. The number of aromatic nitrogens is 2. The molecule has 0 fully saturated rings. The van der Waals surface area contributed by atoms with Gasteiger partial charge in [-0.2, -0.15) is 5.26 Å². The Morgan fingerprint density at radius 3 is 2.95 bits per heavy atom. The molecule has 0 radical (unpaired) electrons. The minimum Gasteiger partial charge on any atom is -0.354 e. The lowest BCUT2D eigenvalue weighted by Gasteiger charge is -2.09. The molecule has 0 atom stereocenters. The molecule has 0 saturated heterocycles. The first kappa shape index (κ1) is 16.1. The third-order valence-electron chi connectivity index (χ3n) is 3.27. The summed E-state index contributed by atoms with van der Waals surface area (Å²) in [5.74, 6) is 0.197. The van der Waals surface area contributed by atoms with E-state index in [1.165, 1.54) is 22.9 Å². The molecule has 0 bridgehead atoms. The number of benzene rings is 1. The summed E-state index contributed by atoms with van der Waals surface area (Å²) in [6, 6.07) is 8.22. The van der Waals surface area contributed by atoms with Crippen molar-refractivity contribution in [3.05, 3.63) is 41.7 Å². The molecule has 114 valence electrons. The van der Waals surface area contributed by atoms with Crippen molar-refractivity contribution in [3.8, 4) is 11.8 Å². The van der Waals surface area contributed by atoms with Gasteiger partial charge in [0.1, 0.15) is 0 Å². The van der Waals surface area contributed by atoms with Crippen LogP contribution in [0.25, 0.3) is 5.69 Å². The maximum Gasteiger partial charge on any atom is 0.230 e. The maximum atomic E-state index is 11.7. The van der Waals surface area contributed by atoms with E-state index in [0.29, 0.717) is 13.0 Å². The second-order valence-electron chi connectivity index (χ2n) is 4.90. The van der Waals surface area contributed by atoms with Gasteiger partial charge in [0.15, 0.2) is 5.16 Å². The number of nitriles is 1. The third-order valence-corrected chi connectivity index (χ3v) is 4.23. The van der Waals surface area contributed by atoms with Crippen molar-refractivity contribution in [1.29, 1.82) is 5.26 Å². The molecule has 0 aliphatic carbocycles. The van der Waals surface area contributed by atoms with E-state index in [0.717, 1.165) is 10.8 Å². The fraction of sp³-hybridized carbons (Fsp3) is 0.312. The van der Waals surface area contributed by atoms with Crippen molar-refractivity contribution in [1.82, 2.24) is 14.9 Å². The van der Waals surface area contributed by atoms with E-state index >= 15 is 0 Å². The van der Waals surface area contributed by atoms with Crippen LogP contribution in [-0.4, -0.2) is 27.8 Å². The summed E-state index contributed by atoms with van der Waals surface area (Å²) in [5.41, 5.74) is 3.50. The minimum atomic E-state index is -0.0881. The molecule has 1 aromatic carbocycles. The fourth-order valence-electron chi connectivity index (χ4n) is 1.91. The van der Waals surface area contributed by atoms with Crippen LogP contribution in [0.2, 0.25) is 0 Å². The lowest BCUT2D eigenvalue weighted by Crippen LogP contribution is -2.26. The number of carbonyl (C=O) groups excluding carboxylic acids is 1. The van der Waals surface area contributed by atoms with Crippen molar-refractivity contribution in [2.75, 3.05) is 12.3 Å². The normalized spacial score (nSPS) is 10.2. The van der Waals surface area contributed by atoms with Gasteiger partial charge in [0.2, 0.25) is 5.91 Å². The van der Waals surface area contributed by atoms with Crippen LogP contribution >= 0.6 is 11.8 Å². The van der Waals surface area contributed by atoms with Gasteiger partial charge in [-0.1, -0.05) is 17.8 Å². The Balaban J connectivity index is 2.02. The number of aryl methyl sites for hydroxylation is 2. The highest BCUT2D eigenvalue weighted by molar-refractivity contribution is 7.99. The lowest BCUT2D eigenvalue weighted by molar-refractivity contribution is -0.118. The van der Waals surface area contributed by atoms with Crippen LogP contribution in [-0.2, 0) is 4.79 Å². The Morgan fingerprint density at radius 1 is 1.41 bits per heavy atom. The average Bonchev–Trinajstić information content (AvgIpc) is 2.97. The molecular weight excluding hydrogens is 296 g/mol. The maximum absolute atomic E-state index is 11.7. The molecular formula is C16H18N4OS. The van der Waals surface area contributed by atoms with Crippen LogP contribution in [0.15, 0.2) is 35.7 Å². The quantitative estimate of drug-likeness (QED) is 0.657. The number of imidazole rings is 1. The summed E-state index contributed by atoms with van der Waals surface area (Å²) in [5, 5.41) is 11.9. The Hall–Kier alpha value is -2.26. The fourth-order valence-corrected chi connectivity index (χ4v) is 2.71. The van der Waals surface area contributed by atoms with E-state index < -0.39 is 0 Å². The second kappa shape index (κ2) is 7.66. The van der Waals surface area contributed by atoms with Crippen LogP contribution < -0.4 is 5.32 Å². The molecule has 0 saturated carbocycles. The number of rotatable bonds is 6. The summed E-state index contributed by atoms with van der Waals surface area (Å²) < 4.78 is 1.97.